The normalized spacial score (nSPS) is 13.1. The smallest absolute Gasteiger partial charge is 0.223 e. The molecule has 0 aromatic carbocycles. The minimum Gasteiger partial charge on any atom is -0.356 e. The molecule has 0 aliphatic carbocycles. The predicted octanol–water partition coefficient (Wildman–Crippen LogP) is 14.9. The van der Waals surface area contributed by atoms with Crippen LogP contribution in [0.2, 0.25) is 0 Å². The average Bonchev–Trinajstić information content (AvgIpc) is 3.80. The Morgan fingerprint density at radius 2 is 0.758 bits per heavy atom. The molecule has 62 heavy (non-hydrogen) atoms. The number of amides is 3. The maximum Gasteiger partial charge on any atom is 0.223 e. The Labute approximate surface area is 387 Å². The Hall–Kier alpha value is -1.63. The molecular weight excluding hydrogens is 765 g/mol. The molecule has 0 radical (unpaired) electrons. The maximum absolute atomic E-state index is 13.4. The van der Waals surface area contributed by atoms with E-state index in [-0.39, 0.29) is 11.8 Å². The van der Waals surface area contributed by atoms with Crippen LogP contribution in [-0.4, -0.2) is 73.3 Å². The number of unbranched alkanes of at least 4 members (excludes halogenated alkanes) is 20. The van der Waals surface area contributed by atoms with Crippen molar-refractivity contribution in [2.24, 2.45) is 11.8 Å². The quantitative estimate of drug-likeness (QED) is 0.0597. The summed E-state index contributed by atoms with van der Waals surface area (Å²) in [6.45, 7) is 15.7. The third-order valence-corrected chi connectivity index (χ3v) is 13.9. The van der Waals surface area contributed by atoms with E-state index in [0.717, 1.165) is 135 Å². The first kappa shape index (κ1) is 58.4. The van der Waals surface area contributed by atoms with Crippen LogP contribution in [0.25, 0.3) is 0 Å². The van der Waals surface area contributed by atoms with Crippen molar-refractivity contribution in [1.29, 1.82) is 0 Å². The van der Waals surface area contributed by atoms with Crippen LogP contribution in [0.15, 0.2) is 0 Å². The topological polar surface area (TPSA) is 81.8 Å². The molecule has 7 nitrogen and oxygen atoms in total. The maximum atomic E-state index is 13.4. The monoisotopic (exact) mass is 873 g/mol. The summed E-state index contributed by atoms with van der Waals surface area (Å²) in [6.07, 6.45) is 47.0. The Bertz CT molecular complexity index is 915. The van der Waals surface area contributed by atoms with E-state index in [0.29, 0.717) is 25.2 Å². The van der Waals surface area contributed by atoms with Gasteiger partial charge in [0.15, 0.2) is 0 Å². The molecule has 0 saturated carbocycles. The molecule has 1 heterocycles. The molecule has 0 unspecified atom stereocenters. The summed E-state index contributed by atoms with van der Waals surface area (Å²) in [7, 11) is 0. The molecular formula is C55H108N4O3. The lowest BCUT2D eigenvalue weighted by atomic mass is 9.90. The zero-order valence-corrected chi connectivity index (χ0v) is 42.3. The van der Waals surface area contributed by atoms with Crippen molar-refractivity contribution in [2.75, 3.05) is 45.8 Å². The highest BCUT2D eigenvalue weighted by Gasteiger charge is 2.17. The summed E-state index contributed by atoms with van der Waals surface area (Å²) in [6, 6.07) is 0. The molecule has 7 heteroatoms. The third kappa shape index (κ3) is 36.7. The minimum absolute atomic E-state index is 0.223. The van der Waals surface area contributed by atoms with Crippen molar-refractivity contribution in [3.05, 3.63) is 0 Å². The van der Waals surface area contributed by atoms with E-state index < -0.39 is 0 Å². The number of nitrogens with one attached hydrogen (secondary N) is 2. The summed E-state index contributed by atoms with van der Waals surface area (Å²) in [4.78, 5) is 43.1. The average molecular weight is 873 g/mol. The molecule has 0 spiro atoms. The third-order valence-electron chi connectivity index (χ3n) is 13.9. The minimum atomic E-state index is 0.223. The number of carbonyl (C=O) groups excluding carboxylic acids is 3. The van der Waals surface area contributed by atoms with Crippen molar-refractivity contribution in [3.8, 4) is 0 Å². The fraction of sp³-hybridized carbons (Fsp3) is 0.945. The number of hydrogen-bond acceptors (Lipinski definition) is 4. The lowest BCUT2D eigenvalue weighted by Gasteiger charge is -2.24. The van der Waals surface area contributed by atoms with E-state index in [4.69, 9.17) is 0 Å². The van der Waals surface area contributed by atoms with Crippen molar-refractivity contribution in [3.63, 3.8) is 0 Å². The van der Waals surface area contributed by atoms with Crippen LogP contribution in [0.5, 0.6) is 0 Å². The van der Waals surface area contributed by atoms with E-state index >= 15 is 0 Å². The van der Waals surface area contributed by atoms with Crippen LogP contribution >= 0.6 is 0 Å². The molecule has 1 rings (SSSR count). The van der Waals surface area contributed by atoms with Gasteiger partial charge in [0, 0.05) is 52.0 Å². The lowest BCUT2D eigenvalue weighted by Crippen LogP contribution is -2.35. The molecule has 0 aromatic rings. The van der Waals surface area contributed by atoms with Gasteiger partial charge in [0.05, 0.1) is 0 Å². The van der Waals surface area contributed by atoms with Gasteiger partial charge in [-0.15, -0.1) is 0 Å². The van der Waals surface area contributed by atoms with Crippen LogP contribution in [0.1, 0.15) is 278 Å². The number of hydrogen-bond donors (Lipinski definition) is 2. The molecule has 0 atom stereocenters. The lowest BCUT2D eigenvalue weighted by molar-refractivity contribution is -0.131. The molecule has 366 valence electrons. The van der Waals surface area contributed by atoms with Gasteiger partial charge in [0.1, 0.15) is 0 Å². The molecule has 1 aliphatic rings. The first-order valence-electron chi connectivity index (χ1n) is 28.0. The Kier molecular flexibility index (Phi) is 42.0. The molecule has 1 saturated heterocycles. The second-order valence-electron chi connectivity index (χ2n) is 19.8. The fourth-order valence-corrected chi connectivity index (χ4v) is 9.74. The first-order chi connectivity index (χ1) is 30.4. The van der Waals surface area contributed by atoms with Gasteiger partial charge in [-0.1, -0.05) is 195 Å². The molecule has 0 bridgehead atoms. The van der Waals surface area contributed by atoms with E-state index in [1.807, 2.05) is 0 Å². The molecule has 3 amide bonds. The fourth-order valence-electron chi connectivity index (χ4n) is 9.74. The van der Waals surface area contributed by atoms with Crippen LogP contribution in [0, 0.1) is 11.8 Å². The Morgan fingerprint density at radius 1 is 0.419 bits per heavy atom. The largest absolute Gasteiger partial charge is 0.356 e. The second-order valence-corrected chi connectivity index (χ2v) is 19.8. The van der Waals surface area contributed by atoms with Crippen molar-refractivity contribution in [2.45, 2.75) is 278 Å². The van der Waals surface area contributed by atoms with Gasteiger partial charge in [0.25, 0.3) is 0 Å². The van der Waals surface area contributed by atoms with Gasteiger partial charge in [0.2, 0.25) is 17.7 Å². The molecule has 1 aliphatic heterocycles. The molecule has 1 fully saturated rings. The second kappa shape index (κ2) is 44.6. The zero-order chi connectivity index (χ0) is 45.0. The van der Waals surface area contributed by atoms with E-state index in [1.165, 1.54) is 154 Å². The highest BCUT2D eigenvalue weighted by molar-refractivity contribution is 5.76. The van der Waals surface area contributed by atoms with E-state index in [2.05, 4.69) is 48.1 Å². The SMILES string of the molecule is CCCCCCC(CCCCCC)CCCNC(=O)CCCCCCCN(CCCCCCCC(=O)NCCCC(CCCCCC)CCCCCC)C(=O)CCN1CCCC1. The summed E-state index contributed by atoms with van der Waals surface area (Å²) >= 11 is 0. The predicted molar refractivity (Wildman–Crippen MR) is 269 cm³/mol. The van der Waals surface area contributed by atoms with Gasteiger partial charge in [-0.3, -0.25) is 14.4 Å². The first-order valence-corrected chi connectivity index (χ1v) is 28.0. The Morgan fingerprint density at radius 3 is 1.15 bits per heavy atom. The van der Waals surface area contributed by atoms with Gasteiger partial charge >= 0.3 is 0 Å². The number of rotatable bonds is 47. The van der Waals surface area contributed by atoms with Crippen LogP contribution in [-0.2, 0) is 14.4 Å². The van der Waals surface area contributed by atoms with E-state index in [9.17, 15) is 14.4 Å². The number of likely N-dealkylation sites (tertiary alicyclic amines) is 1. The Balaban J connectivity index is 2.26. The highest BCUT2D eigenvalue weighted by atomic mass is 16.2. The zero-order valence-electron chi connectivity index (χ0n) is 42.3. The molecule has 2 N–H and O–H groups in total. The van der Waals surface area contributed by atoms with Crippen molar-refractivity contribution in [1.82, 2.24) is 20.4 Å². The van der Waals surface area contributed by atoms with Crippen molar-refractivity contribution < 1.29 is 14.4 Å². The summed E-state index contributed by atoms with van der Waals surface area (Å²) in [5.74, 6) is 2.44. The standard InChI is InChI=1S/C55H108N4O3/c1-5-9-13-23-35-51(36-24-14-10-6-2)39-33-44-56-53(60)41-27-19-17-21-29-48-59(55(62)43-50-58-46-31-32-47-58)49-30-22-18-20-28-42-54(61)57-45-34-40-52(37-25-15-11-7-3)38-26-16-12-8-4/h51-52H,5-50H2,1-4H3,(H,56,60)(H,57,61). The van der Waals surface area contributed by atoms with Crippen LogP contribution in [0.3, 0.4) is 0 Å². The number of carbonyl (C=O) groups is 3. The summed E-state index contributed by atoms with van der Waals surface area (Å²) < 4.78 is 0. The summed E-state index contributed by atoms with van der Waals surface area (Å²) in [5.41, 5.74) is 0. The molecule has 0 aromatic heterocycles. The van der Waals surface area contributed by atoms with Gasteiger partial charge in [-0.05, 0) is 89.1 Å². The summed E-state index contributed by atoms with van der Waals surface area (Å²) in [5, 5.41) is 6.43. The van der Waals surface area contributed by atoms with Gasteiger partial charge in [-0.25, -0.2) is 0 Å². The highest BCUT2D eigenvalue weighted by Crippen LogP contribution is 2.24. The van der Waals surface area contributed by atoms with Crippen LogP contribution in [0.4, 0.5) is 0 Å². The van der Waals surface area contributed by atoms with Gasteiger partial charge < -0.3 is 20.4 Å². The van der Waals surface area contributed by atoms with Crippen LogP contribution < -0.4 is 10.6 Å². The van der Waals surface area contributed by atoms with Crippen molar-refractivity contribution >= 4 is 17.7 Å². The number of nitrogens with zero attached hydrogens (tertiary/aromatic N) is 2. The van der Waals surface area contributed by atoms with E-state index in [1.54, 1.807) is 0 Å². The van der Waals surface area contributed by atoms with Gasteiger partial charge in [-0.2, -0.15) is 0 Å².